The maximum atomic E-state index is 12.4. The number of piperidine rings is 1. The second-order valence-electron chi connectivity index (χ2n) is 6.13. The van der Waals surface area contributed by atoms with Crippen LogP contribution in [-0.4, -0.2) is 41.7 Å². The predicted molar refractivity (Wildman–Crippen MR) is 100 cm³/mol. The van der Waals surface area contributed by atoms with Gasteiger partial charge in [-0.2, -0.15) is 0 Å². The quantitative estimate of drug-likeness (QED) is 0.830. The number of likely N-dealkylation sites (tertiary alicyclic amines) is 1. The lowest BCUT2D eigenvalue weighted by molar-refractivity contribution is 0.0913. The highest BCUT2D eigenvalue weighted by atomic mass is 32.1. The molecule has 2 N–H and O–H groups in total. The maximum absolute atomic E-state index is 12.4. The molecule has 1 aliphatic heterocycles. The number of aliphatic hydroxyl groups excluding tert-OH is 1. The number of hydrogen-bond donors (Lipinski definition) is 2. The summed E-state index contributed by atoms with van der Waals surface area (Å²) in [6.07, 6.45) is 1.95. The topological polar surface area (TPSA) is 52.6 Å². The number of carbonyl (C=O) groups is 1. The van der Waals surface area contributed by atoms with Gasteiger partial charge in [-0.25, -0.2) is 0 Å². The third kappa shape index (κ3) is 5.17. The maximum Gasteiger partial charge on any atom is 0.261 e. The molecule has 0 spiro atoms. The van der Waals surface area contributed by atoms with Crippen molar-refractivity contribution in [3.05, 3.63) is 57.8 Å². The van der Waals surface area contributed by atoms with Crippen LogP contribution in [-0.2, 0) is 6.54 Å². The second kappa shape index (κ2) is 8.82. The number of nitrogens with one attached hydrogen (secondary N) is 1. The van der Waals surface area contributed by atoms with Crippen LogP contribution < -0.4 is 5.32 Å². The van der Waals surface area contributed by atoms with E-state index in [0.717, 1.165) is 37.4 Å². The largest absolute Gasteiger partial charge is 0.384 e. The molecule has 0 unspecified atom stereocenters. The van der Waals surface area contributed by atoms with Gasteiger partial charge in [-0.3, -0.25) is 9.69 Å². The average molecular weight is 354 g/mol. The molecule has 1 fully saturated rings. The van der Waals surface area contributed by atoms with Gasteiger partial charge in [0.1, 0.15) is 6.61 Å². The van der Waals surface area contributed by atoms with E-state index >= 15 is 0 Å². The Labute approximate surface area is 152 Å². The van der Waals surface area contributed by atoms with E-state index in [9.17, 15) is 4.79 Å². The standard InChI is InChI=1S/C20H22N2O2S/c23-14-4-7-18-8-9-19(25-18)20(24)21-17-10-12-22(13-11-17)15-16-5-2-1-3-6-16/h1-3,5-6,8-9,17,23H,10-15H2,(H,21,24). The molecule has 0 atom stereocenters. The van der Waals surface area contributed by atoms with Crippen LogP contribution in [0.25, 0.3) is 0 Å². The normalized spacial score (nSPS) is 15.4. The molecule has 0 bridgehead atoms. The van der Waals surface area contributed by atoms with E-state index in [1.807, 2.05) is 12.1 Å². The van der Waals surface area contributed by atoms with Gasteiger partial charge in [0.15, 0.2) is 0 Å². The van der Waals surface area contributed by atoms with Crippen LogP contribution in [0.3, 0.4) is 0 Å². The Bertz CT molecular complexity index is 753. The molecule has 1 aromatic carbocycles. The van der Waals surface area contributed by atoms with Gasteiger partial charge in [0.25, 0.3) is 5.91 Å². The summed E-state index contributed by atoms with van der Waals surface area (Å²) in [5.74, 6) is 5.41. The Hall–Kier alpha value is -2.13. The minimum Gasteiger partial charge on any atom is -0.384 e. The Balaban J connectivity index is 1.47. The minimum atomic E-state index is -0.166. The number of aliphatic hydroxyl groups is 1. The highest BCUT2D eigenvalue weighted by molar-refractivity contribution is 7.14. The van der Waals surface area contributed by atoms with Gasteiger partial charge in [0.05, 0.1) is 9.75 Å². The number of carbonyl (C=O) groups excluding carboxylic acids is 1. The van der Waals surface area contributed by atoms with Crippen LogP contribution in [0.2, 0.25) is 0 Å². The molecule has 130 valence electrons. The van der Waals surface area contributed by atoms with Crippen LogP contribution in [0.5, 0.6) is 0 Å². The van der Waals surface area contributed by atoms with Gasteiger partial charge in [-0.1, -0.05) is 42.2 Å². The van der Waals surface area contributed by atoms with Crippen molar-refractivity contribution < 1.29 is 9.90 Å². The zero-order valence-electron chi connectivity index (χ0n) is 14.1. The highest BCUT2D eigenvalue weighted by Crippen LogP contribution is 2.18. The summed E-state index contributed by atoms with van der Waals surface area (Å²) in [5.41, 5.74) is 1.33. The summed E-state index contributed by atoms with van der Waals surface area (Å²) >= 11 is 1.36. The molecule has 3 rings (SSSR count). The van der Waals surface area contributed by atoms with Crippen molar-refractivity contribution >= 4 is 17.2 Å². The summed E-state index contributed by atoms with van der Waals surface area (Å²) in [7, 11) is 0. The Morgan fingerprint density at radius 3 is 2.68 bits per heavy atom. The van der Waals surface area contributed by atoms with Gasteiger partial charge in [0.2, 0.25) is 0 Å². The molecule has 1 aromatic heterocycles. The van der Waals surface area contributed by atoms with E-state index in [-0.39, 0.29) is 18.6 Å². The van der Waals surface area contributed by atoms with Gasteiger partial charge in [-0.05, 0) is 30.5 Å². The van der Waals surface area contributed by atoms with Crippen molar-refractivity contribution in [3.63, 3.8) is 0 Å². The summed E-state index contributed by atoms with van der Waals surface area (Å²) in [5, 5.41) is 11.9. The molecule has 2 aromatic rings. The molecule has 0 aliphatic carbocycles. The van der Waals surface area contributed by atoms with Crippen LogP contribution in [0, 0.1) is 11.8 Å². The molecule has 1 amide bonds. The summed E-state index contributed by atoms with van der Waals surface area (Å²) in [4.78, 5) is 16.3. The molecule has 0 saturated carbocycles. The van der Waals surface area contributed by atoms with Crippen LogP contribution in [0.4, 0.5) is 0 Å². The highest BCUT2D eigenvalue weighted by Gasteiger charge is 2.21. The zero-order chi connectivity index (χ0) is 17.5. The van der Waals surface area contributed by atoms with E-state index in [1.54, 1.807) is 6.07 Å². The molecule has 2 heterocycles. The molecule has 4 nitrogen and oxygen atoms in total. The Kier molecular flexibility index (Phi) is 6.24. The van der Waals surface area contributed by atoms with E-state index < -0.39 is 0 Å². The summed E-state index contributed by atoms with van der Waals surface area (Å²) in [6, 6.07) is 14.3. The van der Waals surface area contributed by atoms with Gasteiger partial charge >= 0.3 is 0 Å². The van der Waals surface area contributed by atoms with Gasteiger partial charge < -0.3 is 10.4 Å². The molecular formula is C20H22N2O2S. The SMILES string of the molecule is O=C(NC1CCN(Cc2ccccc2)CC1)c1ccc(C#CCO)s1. The smallest absolute Gasteiger partial charge is 0.261 e. The molecule has 0 radical (unpaired) electrons. The van der Waals surface area contributed by atoms with E-state index in [0.29, 0.717) is 4.88 Å². The number of nitrogens with zero attached hydrogens (tertiary/aromatic N) is 1. The average Bonchev–Trinajstić information content (AvgIpc) is 3.12. The number of rotatable bonds is 4. The molecule has 1 aliphatic rings. The van der Waals surface area contributed by atoms with E-state index in [4.69, 9.17) is 5.11 Å². The van der Waals surface area contributed by atoms with Crippen molar-refractivity contribution in [2.75, 3.05) is 19.7 Å². The second-order valence-corrected chi connectivity index (χ2v) is 7.22. The molecular weight excluding hydrogens is 332 g/mol. The Morgan fingerprint density at radius 2 is 1.96 bits per heavy atom. The van der Waals surface area contributed by atoms with E-state index in [2.05, 4.69) is 46.3 Å². The zero-order valence-corrected chi connectivity index (χ0v) is 14.9. The molecule has 5 heteroatoms. The minimum absolute atomic E-state index is 0.0245. The lowest BCUT2D eigenvalue weighted by Gasteiger charge is -2.32. The van der Waals surface area contributed by atoms with Crippen LogP contribution >= 0.6 is 11.3 Å². The van der Waals surface area contributed by atoms with Crippen molar-refractivity contribution in [1.82, 2.24) is 10.2 Å². The lowest BCUT2D eigenvalue weighted by atomic mass is 10.0. The number of benzene rings is 1. The van der Waals surface area contributed by atoms with Gasteiger partial charge in [-0.15, -0.1) is 11.3 Å². The van der Waals surface area contributed by atoms with Crippen molar-refractivity contribution in [1.29, 1.82) is 0 Å². The fourth-order valence-electron chi connectivity index (χ4n) is 2.99. The third-order valence-corrected chi connectivity index (χ3v) is 5.29. The van der Waals surface area contributed by atoms with Crippen molar-refractivity contribution in [2.24, 2.45) is 0 Å². The summed E-state index contributed by atoms with van der Waals surface area (Å²) < 4.78 is 0. The van der Waals surface area contributed by atoms with Crippen molar-refractivity contribution in [2.45, 2.75) is 25.4 Å². The van der Waals surface area contributed by atoms with Crippen LogP contribution in [0.15, 0.2) is 42.5 Å². The van der Waals surface area contributed by atoms with E-state index in [1.165, 1.54) is 16.9 Å². The van der Waals surface area contributed by atoms with Crippen LogP contribution in [0.1, 0.15) is 33.0 Å². The molecule has 1 saturated heterocycles. The first kappa shape index (κ1) is 17.7. The summed E-state index contributed by atoms with van der Waals surface area (Å²) in [6.45, 7) is 2.80. The lowest BCUT2D eigenvalue weighted by Crippen LogP contribution is -2.44. The predicted octanol–water partition coefficient (Wildman–Crippen LogP) is 2.49. The fourth-order valence-corrected chi connectivity index (χ4v) is 3.77. The third-order valence-electron chi connectivity index (χ3n) is 4.29. The first-order valence-corrected chi connectivity index (χ1v) is 9.33. The van der Waals surface area contributed by atoms with Crippen molar-refractivity contribution in [3.8, 4) is 11.8 Å². The fraction of sp³-hybridized carbons (Fsp3) is 0.350. The first-order chi connectivity index (χ1) is 12.2. The van der Waals surface area contributed by atoms with Gasteiger partial charge in [0, 0.05) is 25.7 Å². The first-order valence-electron chi connectivity index (χ1n) is 8.51. The monoisotopic (exact) mass is 354 g/mol. The number of hydrogen-bond acceptors (Lipinski definition) is 4. The molecule has 25 heavy (non-hydrogen) atoms. The Morgan fingerprint density at radius 1 is 1.20 bits per heavy atom. The number of amides is 1. The number of thiophene rings is 1.